The van der Waals surface area contributed by atoms with Crippen LogP contribution >= 0.6 is 0 Å². The Bertz CT molecular complexity index is 997. The second-order valence-corrected chi connectivity index (χ2v) is 8.84. The molecular weight excluding hydrogens is 366 g/mol. The summed E-state index contributed by atoms with van der Waals surface area (Å²) in [5, 5.41) is 4.54. The standard InChI is InChI=1S/C19H21N3O4S/c23-18-8-7-17(20-18)19(24)21-9-11-22(12-10-21)27(25,26)16-6-5-14-3-1-2-4-15(14)13-16/h1-6,13,17H,7-12H2,(H,20,23)/t17-/m0/s1. The van der Waals surface area contributed by atoms with Crippen LogP contribution < -0.4 is 5.32 Å². The summed E-state index contributed by atoms with van der Waals surface area (Å²) in [6.07, 6.45) is 0.875. The number of carbonyl (C=O) groups is 2. The lowest BCUT2D eigenvalue weighted by atomic mass is 10.1. The van der Waals surface area contributed by atoms with Crippen molar-refractivity contribution in [2.45, 2.75) is 23.8 Å². The molecule has 0 aliphatic carbocycles. The van der Waals surface area contributed by atoms with E-state index in [-0.39, 0.29) is 29.8 Å². The lowest BCUT2D eigenvalue weighted by Gasteiger charge is -2.35. The number of piperazine rings is 1. The van der Waals surface area contributed by atoms with Gasteiger partial charge in [-0.25, -0.2) is 8.42 Å². The highest BCUT2D eigenvalue weighted by molar-refractivity contribution is 7.89. The van der Waals surface area contributed by atoms with Gasteiger partial charge in [0.2, 0.25) is 21.8 Å². The Balaban J connectivity index is 1.46. The molecule has 0 spiro atoms. The maximum atomic E-state index is 13.0. The average molecular weight is 387 g/mol. The molecular formula is C19H21N3O4S. The van der Waals surface area contributed by atoms with Gasteiger partial charge >= 0.3 is 0 Å². The van der Waals surface area contributed by atoms with Crippen LogP contribution in [-0.4, -0.2) is 61.7 Å². The summed E-state index contributed by atoms with van der Waals surface area (Å²) in [6, 6.07) is 12.3. The SMILES string of the molecule is O=C1CC[C@@H](C(=O)N2CCN(S(=O)(=O)c3ccc4ccccc4c3)CC2)N1. The molecule has 2 aromatic carbocycles. The summed E-state index contributed by atoms with van der Waals surface area (Å²) in [5.74, 6) is -0.227. The third-order valence-electron chi connectivity index (χ3n) is 5.20. The fraction of sp³-hybridized carbons (Fsp3) is 0.368. The molecule has 0 aromatic heterocycles. The summed E-state index contributed by atoms with van der Waals surface area (Å²) in [5.41, 5.74) is 0. The lowest BCUT2D eigenvalue weighted by Crippen LogP contribution is -2.54. The minimum Gasteiger partial charge on any atom is -0.344 e. The van der Waals surface area contributed by atoms with Crippen molar-refractivity contribution in [1.82, 2.24) is 14.5 Å². The van der Waals surface area contributed by atoms with Gasteiger partial charge in [0.15, 0.2) is 0 Å². The topological polar surface area (TPSA) is 86.8 Å². The molecule has 0 bridgehead atoms. The summed E-state index contributed by atoms with van der Waals surface area (Å²) < 4.78 is 27.4. The van der Waals surface area contributed by atoms with Crippen LogP contribution in [0.15, 0.2) is 47.4 Å². The summed E-state index contributed by atoms with van der Waals surface area (Å²) >= 11 is 0. The van der Waals surface area contributed by atoms with Crippen LogP contribution in [0.4, 0.5) is 0 Å². The quantitative estimate of drug-likeness (QED) is 0.850. The minimum absolute atomic E-state index is 0.106. The number of carbonyl (C=O) groups excluding carboxylic acids is 2. The maximum absolute atomic E-state index is 13.0. The second-order valence-electron chi connectivity index (χ2n) is 6.90. The molecule has 4 rings (SSSR count). The summed E-state index contributed by atoms with van der Waals surface area (Å²) in [7, 11) is -3.60. The molecule has 2 heterocycles. The molecule has 2 saturated heterocycles. The fourth-order valence-electron chi connectivity index (χ4n) is 3.65. The smallest absolute Gasteiger partial charge is 0.245 e. The van der Waals surface area contributed by atoms with E-state index < -0.39 is 16.1 Å². The zero-order chi connectivity index (χ0) is 19.0. The normalized spacial score (nSPS) is 21.4. The third-order valence-corrected chi connectivity index (χ3v) is 7.10. The molecule has 8 heteroatoms. The maximum Gasteiger partial charge on any atom is 0.245 e. The Hall–Kier alpha value is -2.45. The van der Waals surface area contributed by atoms with E-state index in [1.807, 2.05) is 30.3 Å². The Morgan fingerprint density at radius 2 is 1.70 bits per heavy atom. The van der Waals surface area contributed by atoms with E-state index in [9.17, 15) is 18.0 Å². The first kappa shape index (κ1) is 17.9. The van der Waals surface area contributed by atoms with Gasteiger partial charge in [-0.05, 0) is 29.3 Å². The first-order valence-corrected chi connectivity index (χ1v) is 10.5. The molecule has 0 saturated carbocycles. The molecule has 27 heavy (non-hydrogen) atoms. The minimum atomic E-state index is -3.60. The number of fused-ring (bicyclic) bond motifs is 1. The number of hydrogen-bond acceptors (Lipinski definition) is 4. The van der Waals surface area contributed by atoms with E-state index in [0.717, 1.165) is 10.8 Å². The fourth-order valence-corrected chi connectivity index (χ4v) is 5.10. The number of benzene rings is 2. The first-order valence-electron chi connectivity index (χ1n) is 9.02. The van der Waals surface area contributed by atoms with Crippen LogP contribution in [0.3, 0.4) is 0 Å². The molecule has 7 nitrogen and oxygen atoms in total. The Morgan fingerprint density at radius 3 is 2.37 bits per heavy atom. The Morgan fingerprint density at radius 1 is 1.00 bits per heavy atom. The third kappa shape index (κ3) is 3.42. The van der Waals surface area contributed by atoms with E-state index in [2.05, 4.69) is 5.32 Å². The van der Waals surface area contributed by atoms with Crippen LogP contribution in [0.5, 0.6) is 0 Å². The van der Waals surface area contributed by atoms with Crippen LogP contribution in [0.2, 0.25) is 0 Å². The van der Waals surface area contributed by atoms with E-state index >= 15 is 0 Å². The molecule has 142 valence electrons. The van der Waals surface area contributed by atoms with Crippen molar-refractivity contribution in [3.63, 3.8) is 0 Å². The van der Waals surface area contributed by atoms with Crippen molar-refractivity contribution in [3.8, 4) is 0 Å². The predicted octanol–water partition coefficient (Wildman–Crippen LogP) is 0.951. The highest BCUT2D eigenvalue weighted by Crippen LogP contribution is 2.23. The molecule has 2 aliphatic heterocycles. The molecule has 0 radical (unpaired) electrons. The lowest BCUT2D eigenvalue weighted by molar-refractivity contribution is -0.135. The molecule has 0 unspecified atom stereocenters. The van der Waals surface area contributed by atoms with Gasteiger partial charge in [-0.15, -0.1) is 0 Å². The van der Waals surface area contributed by atoms with Crippen molar-refractivity contribution in [1.29, 1.82) is 0 Å². The van der Waals surface area contributed by atoms with Crippen LogP contribution in [0.1, 0.15) is 12.8 Å². The van der Waals surface area contributed by atoms with E-state index in [1.54, 1.807) is 17.0 Å². The number of nitrogens with one attached hydrogen (secondary N) is 1. The van der Waals surface area contributed by atoms with Crippen LogP contribution in [-0.2, 0) is 19.6 Å². The van der Waals surface area contributed by atoms with Crippen molar-refractivity contribution in [2.24, 2.45) is 0 Å². The van der Waals surface area contributed by atoms with Gasteiger partial charge < -0.3 is 10.2 Å². The van der Waals surface area contributed by atoms with Gasteiger partial charge in [-0.2, -0.15) is 4.31 Å². The van der Waals surface area contributed by atoms with Crippen LogP contribution in [0, 0.1) is 0 Å². The zero-order valence-electron chi connectivity index (χ0n) is 14.8. The molecule has 1 atom stereocenters. The molecule has 2 amide bonds. The van der Waals surface area contributed by atoms with Gasteiger partial charge in [-0.3, -0.25) is 9.59 Å². The Kier molecular flexibility index (Phi) is 4.61. The molecule has 1 N–H and O–H groups in total. The van der Waals surface area contributed by atoms with Gasteiger partial charge in [-0.1, -0.05) is 30.3 Å². The highest BCUT2D eigenvalue weighted by atomic mass is 32.2. The molecule has 2 aromatic rings. The van der Waals surface area contributed by atoms with E-state index in [4.69, 9.17) is 0 Å². The van der Waals surface area contributed by atoms with E-state index in [0.29, 0.717) is 25.9 Å². The van der Waals surface area contributed by atoms with Crippen molar-refractivity contribution in [2.75, 3.05) is 26.2 Å². The van der Waals surface area contributed by atoms with E-state index in [1.165, 1.54) is 4.31 Å². The average Bonchev–Trinajstić information content (AvgIpc) is 3.13. The number of amides is 2. The number of nitrogens with zero attached hydrogens (tertiary/aromatic N) is 2. The van der Waals surface area contributed by atoms with Gasteiger partial charge in [0.05, 0.1) is 4.90 Å². The first-order chi connectivity index (χ1) is 12.9. The van der Waals surface area contributed by atoms with Crippen LogP contribution in [0.25, 0.3) is 10.8 Å². The molecule has 2 aliphatic rings. The monoisotopic (exact) mass is 387 g/mol. The highest BCUT2D eigenvalue weighted by Gasteiger charge is 2.35. The summed E-state index contributed by atoms with van der Waals surface area (Å²) in [4.78, 5) is 25.7. The number of sulfonamides is 1. The largest absolute Gasteiger partial charge is 0.344 e. The van der Waals surface area contributed by atoms with Crippen molar-refractivity contribution in [3.05, 3.63) is 42.5 Å². The van der Waals surface area contributed by atoms with Gasteiger partial charge in [0.1, 0.15) is 6.04 Å². The van der Waals surface area contributed by atoms with Crippen molar-refractivity contribution >= 4 is 32.6 Å². The molecule has 2 fully saturated rings. The van der Waals surface area contributed by atoms with Gasteiger partial charge in [0, 0.05) is 32.6 Å². The van der Waals surface area contributed by atoms with Gasteiger partial charge in [0.25, 0.3) is 0 Å². The predicted molar refractivity (Wildman–Crippen MR) is 100 cm³/mol. The number of hydrogen-bond donors (Lipinski definition) is 1. The number of rotatable bonds is 3. The summed E-state index contributed by atoms with van der Waals surface area (Å²) in [6.45, 7) is 1.17. The second kappa shape index (κ2) is 6.94. The van der Waals surface area contributed by atoms with Crippen molar-refractivity contribution < 1.29 is 18.0 Å². The Labute approximate surface area is 158 Å². The zero-order valence-corrected chi connectivity index (χ0v) is 15.6.